The molecule has 142 valence electrons. The maximum atomic E-state index is 13.8. The van der Waals surface area contributed by atoms with Crippen LogP contribution in [0.2, 0.25) is 0 Å². The summed E-state index contributed by atoms with van der Waals surface area (Å²) in [5.74, 6) is -2.16. The Balaban J connectivity index is 2.01. The van der Waals surface area contributed by atoms with Crippen molar-refractivity contribution in [3.05, 3.63) is 70.0 Å². The van der Waals surface area contributed by atoms with E-state index in [-0.39, 0.29) is 28.4 Å². The summed E-state index contributed by atoms with van der Waals surface area (Å²) in [7, 11) is 1.20. The van der Waals surface area contributed by atoms with Gasteiger partial charge in [0, 0.05) is 18.0 Å². The van der Waals surface area contributed by atoms with Gasteiger partial charge in [-0.05, 0) is 46.3 Å². The standard InChI is InChI=1S/C19H12BrF2N3O3/c1-27-19(26)18-17(24)10(8-23)9-25(18)12-3-5-15(13(20)7-12)28-16-4-2-11(21)6-14(16)22/h2-7,9H,24H2,1H3. The number of anilines is 1. The highest BCUT2D eigenvalue weighted by Gasteiger charge is 2.22. The van der Waals surface area contributed by atoms with E-state index < -0.39 is 17.6 Å². The first-order valence-electron chi connectivity index (χ1n) is 7.77. The minimum atomic E-state index is -0.846. The number of nitrogen functional groups attached to an aromatic ring is 1. The van der Waals surface area contributed by atoms with E-state index in [1.54, 1.807) is 12.1 Å². The van der Waals surface area contributed by atoms with Crippen molar-refractivity contribution in [2.75, 3.05) is 12.8 Å². The second kappa shape index (κ2) is 7.70. The second-order valence-electron chi connectivity index (χ2n) is 5.57. The summed E-state index contributed by atoms with van der Waals surface area (Å²) in [4.78, 5) is 12.1. The van der Waals surface area contributed by atoms with E-state index in [1.807, 2.05) is 6.07 Å². The second-order valence-corrected chi connectivity index (χ2v) is 6.42. The molecule has 0 bridgehead atoms. The fourth-order valence-electron chi connectivity index (χ4n) is 2.52. The molecule has 2 N–H and O–H groups in total. The monoisotopic (exact) mass is 447 g/mol. The number of hydrogen-bond donors (Lipinski definition) is 1. The Hall–Kier alpha value is -3.38. The summed E-state index contributed by atoms with van der Waals surface area (Å²) >= 11 is 3.31. The smallest absolute Gasteiger partial charge is 0.357 e. The van der Waals surface area contributed by atoms with Crippen molar-refractivity contribution >= 4 is 27.6 Å². The number of hydrogen-bond acceptors (Lipinski definition) is 5. The van der Waals surface area contributed by atoms with Crippen LogP contribution in [-0.2, 0) is 4.74 Å². The van der Waals surface area contributed by atoms with Crippen molar-refractivity contribution in [3.8, 4) is 23.3 Å². The molecule has 0 unspecified atom stereocenters. The third-order valence-corrected chi connectivity index (χ3v) is 4.47. The Morgan fingerprint density at radius 2 is 1.93 bits per heavy atom. The van der Waals surface area contributed by atoms with E-state index in [9.17, 15) is 18.8 Å². The number of aromatic nitrogens is 1. The highest BCUT2D eigenvalue weighted by atomic mass is 79.9. The molecule has 0 saturated heterocycles. The van der Waals surface area contributed by atoms with Crippen molar-refractivity contribution < 1.29 is 23.0 Å². The van der Waals surface area contributed by atoms with Crippen LogP contribution in [0.4, 0.5) is 14.5 Å². The topological polar surface area (TPSA) is 90.3 Å². The van der Waals surface area contributed by atoms with Crippen molar-refractivity contribution in [2.24, 2.45) is 0 Å². The summed E-state index contributed by atoms with van der Waals surface area (Å²) in [5, 5.41) is 9.18. The lowest BCUT2D eigenvalue weighted by atomic mass is 10.2. The Labute approximate surface area is 166 Å². The quantitative estimate of drug-likeness (QED) is 0.592. The first kappa shape index (κ1) is 19.4. The van der Waals surface area contributed by atoms with Gasteiger partial charge in [-0.2, -0.15) is 5.26 Å². The van der Waals surface area contributed by atoms with Crippen LogP contribution < -0.4 is 10.5 Å². The lowest BCUT2D eigenvalue weighted by molar-refractivity contribution is 0.0593. The molecule has 6 nitrogen and oxygen atoms in total. The van der Waals surface area contributed by atoms with Crippen molar-refractivity contribution in [1.29, 1.82) is 5.26 Å². The summed E-state index contributed by atoms with van der Waals surface area (Å²) in [5.41, 5.74) is 6.47. The average Bonchev–Trinajstić information content (AvgIpc) is 3.01. The summed E-state index contributed by atoms with van der Waals surface area (Å²) in [6.07, 6.45) is 1.41. The van der Waals surface area contributed by atoms with Crippen LogP contribution >= 0.6 is 15.9 Å². The number of carbonyl (C=O) groups is 1. The lowest BCUT2D eigenvalue weighted by Crippen LogP contribution is -2.11. The fraction of sp³-hybridized carbons (Fsp3) is 0.0526. The number of carbonyl (C=O) groups excluding carboxylic acids is 1. The van der Waals surface area contributed by atoms with E-state index in [0.717, 1.165) is 6.07 Å². The van der Waals surface area contributed by atoms with E-state index >= 15 is 0 Å². The first-order chi connectivity index (χ1) is 13.3. The first-order valence-corrected chi connectivity index (χ1v) is 8.57. The maximum Gasteiger partial charge on any atom is 0.357 e. The zero-order valence-electron chi connectivity index (χ0n) is 14.4. The van der Waals surface area contributed by atoms with Crippen molar-refractivity contribution in [1.82, 2.24) is 4.57 Å². The molecule has 2 aromatic carbocycles. The molecule has 28 heavy (non-hydrogen) atoms. The fourth-order valence-corrected chi connectivity index (χ4v) is 2.96. The van der Waals surface area contributed by atoms with Crippen LogP contribution in [-0.4, -0.2) is 17.6 Å². The molecule has 0 amide bonds. The third-order valence-electron chi connectivity index (χ3n) is 3.85. The number of nitrogens with zero attached hydrogens (tertiary/aromatic N) is 2. The summed E-state index contributed by atoms with van der Waals surface area (Å²) < 4.78 is 38.9. The average molecular weight is 448 g/mol. The Kier molecular flexibility index (Phi) is 5.33. The lowest BCUT2D eigenvalue weighted by Gasteiger charge is -2.12. The Bertz CT molecular complexity index is 1120. The zero-order chi connectivity index (χ0) is 20.4. The van der Waals surface area contributed by atoms with E-state index in [2.05, 4.69) is 15.9 Å². The summed E-state index contributed by atoms with van der Waals surface area (Å²) in [6, 6.07) is 9.56. The SMILES string of the molecule is COC(=O)c1c(N)c(C#N)cn1-c1ccc(Oc2ccc(F)cc2F)c(Br)c1. The van der Waals surface area contributed by atoms with Gasteiger partial charge in [-0.3, -0.25) is 0 Å². The van der Waals surface area contributed by atoms with E-state index in [1.165, 1.54) is 30.0 Å². The molecule has 3 aromatic rings. The molecule has 0 fully saturated rings. The minimum Gasteiger partial charge on any atom is -0.464 e. The van der Waals surface area contributed by atoms with Gasteiger partial charge in [0.15, 0.2) is 17.3 Å². The highest BCUT2D eigenvalue weighted by Crippen LogP contribution is 2.34. The van der Waals surface area contributed by atoms with Crippen LogP contribution in [0.1, 0.15) is 16.1 Å². The molecule has 0 saturated carbocycles. The van der Waals surface area contributed by atoms with Crippen LogP contribution in [0.3, 0.4) is 0 Å². The zero-order valence-corrected chi connectivity index (χ0v) is 16.0. The van der Waals surface area contributed by atoms with Crippen molar-refractivity contribution in [3.63, 3.8) is 0 Å². The number of nitrogens with two attached hydrogens (primary N) is 1. The predicted molar refractivity (Wildman–Crippen MR) is 100 cm³/mol. The van der Waals surface area contributed by atoms with Gasteiger partial charge in [-0.25, -0.2) is 13.6 Å². The molecule has 1 heterocycles. The molecule has 0 spiro atoms. The van der Waals surface area contributed by atoms with Gasteiger partial charge in [0.05, 0.1) is 22.8 Å². The molecule has 9 heteroatoms. The normalized spacial score (nSPS) is 10.4. The van der Waals surface area contributed by atoms with Crippen molar-refractivity contribution in [2.45, 2.75) is 0 Å². The molecule has 0 atom stereocenters. The number of benzene rings is 2. The van der Waals surface area contributed by atoms with Gasteiger partial charge < -0.3 is 19.8 Å². The van der Waals surface area contributed by atoms with Gasteiger partial charge >= 0.3 is 5.97 Å². The predicted octanol–water partition coefficient (Wildman–Crippen LogP) is 4.55. The molecule has 3 rings (SSSR count). The molecular formula is C19H12BrF2N3O3. The Morgan fingerprint density at radius 3 is 2.54 bits per heavy atom. The number of methoxy groups -OCH3 is 1. The van der Waals surface area contributed by atoms with Gasteiger partial charge in [-0.1, -0.05) is 0 Å². The molecule has 0 radical (unpaired) electrons. The third kappa shape index (κ3) is 3.54. The number of rotatable bonds is 4. The molecular weight excluding hydrogens is 436 g/mol. The molecule has 1 aromatic heterocycles. The van der Waals surface area contributed by atoms with E-state index in [4.69, 9.17) is 15.2 Å². The molecule has 0 aliphatic carbocycles. The molecule has 0 aliphatic heterocycles. The number of nitriles is 1. The minimum absolute atomic E-state index is 0.000757. The number of ether oxygens (including phenoxy) is 2. The number of halogens is 3. The van der Waals surface area contributed by atoms with Gasteiger partial charge in [0.1, 0.15) is 17.6 Å². The van der Waals surface area contributed by atoms with Crippen LogP contribution in [0, 0.1) is 23.0 Å². The highest BCUT2D eigenvalue weighted by molar-refractivity contribution is 9.10. The van der Waals surface area contributed by atoms with Gasteiger partial charge in [0.2, 0.25) is 0 Å². The van der Waals surface area contributed by atoms with Crippen LogP contribution in [0.25, 0.3) is 5.69 Å². The summed E-state index contributed by atoms with van der Waals surface area (Å²) in [6.45, 7) is 0. The van der Waals surface area contributed by atoms with Crippen LogP contribution in [0.5, 0.6) is 11.5 Å². The Morgan fingerprint density at radius 1 is 1.21 bits per heavy atom. The maximum absolute atomic E-state index is 13.8. The van der Waals surface area contributed by atoms with E-state index in [0.29, 0.717) is 16.2 Å². The van der Waals surface area contributed by atoms with Crippen LogP contribution in [0.15, 0.2) is 47.1 Å². The van der Waals surface area contributed by atoms with Gasteiger partial charge in [0.25, 0.3) is 0 Å². The van der Waals surface area contributed by atoms with Gasteiger partial charge in [-0.15, -0.1) is 0 Å². The number of esters is 1. The molecule has 0 aliphatic rings. The largest absolute Gasteiger partial charge is 0.464 e.